The minimum Gasteiger partial charge on any atom is -0.481 e. The Morgan fingerprint density at radius 1 is 1.28 bits per heavy atom. The summed E-state index contributed by atoms with van der Waals surface area (Å²) in [5, 5.41) is 12.0. The number of rotatable bonds is 4. The SMILES string of the molecule is O=C(CC1(C(=O)O)CCCC1)Nc1ccncc1. The van der Waals surface area contributed by atoms with Gasteiger partial charge in [-0.25, -0.2) is 0 Å². The van der Waals surface area contributed by atoms with E-state index in [-0.39, 0.29) is 12.3 Å². The molecule has 0 aromatic carbocycles. The van der Waals surface area contributed by atoms with Gasteiger partial charge in [-0.3, -0.25) is 14.6 Å². The van der Waals surface area contributed by atoms with E-state index in [0.717, 1.165) is 12.8 Å². The van der Waals surface area contributed by atoms with Gasteiger partial charge in [0.05, 0.1) is 5.41 Å². The molecule has 1 aromatic rings. The third-order valence-electron chi connectivity index (χ3n) is 3.48. The Kier molecular flexibility index (Phi) is 3.60. The molecule has 0 spiro atoms. The summed E-state index contributed by atoms with van der Waals surface area (Å²) in [4.78, 5) is 27.1. The van der Waals surface area contributed by atoms with Crippen LogP contribution in [0.1, 0.15) is 32.1 Å². The van der Waals surface area contributed by atoms with Gasteiger partial charge in [0, 0.05) is 24.5 Å². The number of carboxylic acids is 1. The summed E-state index contributed by atoms with van der Waals surface area (Å²) in [6.45, 7) is 0. The second kappa shape index (κ2) is 5.16. The molecule has 0 bridgehead atoms. The first-order valence-corrected chi connectivity index (χ1v) is 6.06. The molecule has 1 saturated carbocycles. The molecule has 1 heterocycles. The number of pyridine rings is 1. The molecule has 5 heteroatoms. The summed E-state index contributed by atoms with van der Waals surface area (Å²) in [5.74, 6) is -1.10. The van der Waals surface area contributed by atoms with Gasteiger partial charge in [-0.1, -0.05) is 12.8 Å². The molecule has 1 amide bonds. The van der Waals surface area contributed by atoms with Gasteiger partial charge in [0.25, 0.3) is 0 Å². The van der Waals surface area contributed by atoms with E-state index in [0.29, 0.717) is 18.5 Å². The summed E-state index contributed by atoms with van der Waals surface area (Å²) >= 11 is 0. The van der Waals surface area contributed by atoms with Gasteiger partial charge in [-0.15, -0.1) is 0 Å². The van der Waals surface area contributed by atoms with E-state index in [9.17, 15) is 14.7 Å². The molecule has 0 aliphatic heterocycles. The minimum atomic E-state index is -0.864. The number of amides is 1. The molecule has 0 radical (unpaired) electrons. The Balaban J connectivity index is 2.00. The first-order valence-electron chi connectivity index (χ1n) is 6.06. The standard InChI is InChI=1S/C13H16N2O3/c16-11(15-10-3-7-14-8-4-10)9-13(12(17)18)5-1-2-6-13/h3-4,7-8H,1-2,5-6,9H2,(H,17,18)(H,14,15,16). The molecular formula is C13H16N2O3. The number of carbonyl (C=O) groups is 2. The molecule has 0 atom stereocenters. The highest BCUT2D eigenvalue weighted by molar-refractivity contribution is 5.94. The molecule has 1 aliphatic rings. The molecule has 2 rings (SSSR count). The predicted octanol–water partition coefficient (Wildman–Crippen LogP) is 2.06. The van der Waals surface area contributed by atoms with Crippen LogP contribution in [0, 0.1) is 5.41 Å². The first-order chi connectivity index (χ1) is 8.62. The molecule has 18 heavy (non-hydrogen) atoms. The summed E-state index contributed by atoms with van der Waals surface area (Å²) in [6, 6.07) is 3.36. The number of carbonyl (C=O) groups excluding carboxylic acids is 1. The second-order valence-electron chi connectivity index (χ2n) is 4.75. The third-order valence-corrected chi connectivity index (χ3v) is 3.48. The topological polar surface area (TPSA) is 79.3 Å². The van der Waals surface area contributed by atoms with Crippen LogP contribution < -0.4 is 5.32 Å². The largest absolute Gasteiger partial charge is 0.481 e. The highest BCUT2D eigenvalue weighted by Crippen LogP contribution is 2.41. The van der Waals surface area contributed by atoms with Crippen molar-refractivity contribution in [3.63, 3.8) is 0 Å². The molecular weight excluding hydrogens is 232 g/mol. The average Bonchev–Trinajstić information content (AvgIpc) is 2.80. The van der Waals surface area contributed by atoms with E-state index >= 15 is 0 Å². The molecule has 1 aliphatic carbocycles. The van der Waals surface area contributed by atoms with Crippen LogP contribution in [0.3, 0.4) is 0 Å². The Bertz CT molecular complexity index is 439. The number of anilines is 1. The van der Waals surface area contributed by atoms with Crippen LogP contribution in [-0.4, -0.2) is 22.0 Å². The van der Waals surface area contributed by atoms with Crippen molar-refractivity contribution in [2.45, 2.75) is 32.1 Å². The van der Waals surface area contributed by atoms with Gasteiger partial charge < -0.3 is 10.4 Å². The smallest absolute Gasteiger partial charge is 0.310 e. The lowest BCUT2D eigenvalue weighted by Crippen LogP contribution is -2.32. The lowest BCUT2D eigenvalue weighted by Gasteiger charge is -2.22. The van der Waals surface area contributed by atoms with Crippen molar-refractivity contribution in [3.8, 4) is 0 Å². The maximum atomic E-state index is 11.9. The molecule has 1 aromatic heterocycles. The maximum Gasteiger partial charge on any atom is 0.310 e. The number of aromatic nitrogens is 1. The van der Waals surface area contributed by atoms with Crippen LogP contribution in [0.5, 0.6) is 0 Å². The van der Waals surface area contributed by atoms with E-state index in [4.69, 9.17) is 0 Å². The molecule has 0 unspecified atom stereocenters. The summed E-state index contributed by atoms with van der Waals surface area (Å²) in [7, 11) is 0. The maximum absolute atomic E-state index is 11.9. The first kappa shape index (κ1) is 12.5. The fraction of sp³-hybridized carbons (Fsp3) is 0.462. The van der Waals surface area contributed by atoms with E-state index < -0.39 is 11.4 Å². The molecule has 1 fully saturated rings. The van der Waals surface area contributed by atoms with Crippen molar-refractivity contribution >= 4 is 17.6 Å². The van der Waals surface area contributed by atoms with E-state index in [1.165, 1.54) is 0 Å². The number of nitrogens with zero attached hydrogens (tertiary/aromatic N) is 1. The molecule has 5 nitrogen and oxygen atoms in total. The Morgan fingerprint density at radius 2 is 1.89 bits per heavy atom. The second-order valence-corrected chi connectivity index (χ2v) is 4.75. The van der Waals surface area contributed by atoms with Crippen LogP contribution in [-0.2, 0) is 9.59 Å². The van der Waals surface area contributed by atoms with Crippen molar-refractivity contribution in [2.75, 3.05) is 5.32 Å². The van der Waals surface area contributed by atoms with Crippen LogP contribution >= 0.6 is 0 Å². The quantitative estimate of drug-likeness (QED) is 0.854. The van der Waals surface area contributed by atoms with Gasteiger partial charge in [-0.05, 0) is 25.0 Å². The minimum absolute atomic E-state index is 0.0463. The zero-order chi connectivity index (χ0) is 13.0. The lowest BCUT2D eigenvalue weighted by molar-refractivity contribution is -0.150. The van der Waals surface area contributed by atoms with Crippen molar-refractivity contribution in [3.05, 3.63) is 24.5 Å². The number of aliphatic carboxylic acids is 1. The Morgan fingerprint density at radius 3 is 2.44 bits per heavy atom. The van der Waals surface area contributed by atoms with E-state index in [1.807, 2.05) is 0 Å². The molecule has 0 saturated heterocycles. The van der Waals surface area contributed by atoms with E-state index in [1.54, 1.807) is 24.5 Å². The number of carboxylic acid groups (broad SMARTS) is 1. The van der Waals surface area contributed by atoms with Crippen molar-refractivity contribution in [1.29, 1.82) is 0 Å². The number of hydrogen-bond donors (Lipinski definition) is 2. The fourth-order valence-corrected chi connectivity index (χ4v) is 2.47. The monoisotopic (exact) mass is 248 g/mol. The summed E-state index contributed by atoms with van der Waals surface area (Å²) < 4.78 is 0. The highest BCUT2D eigenvalue weighted by Gasteiger charge is 2.42. The predicted molar refractivity (Wildman–Crippen MR) is 66.0 cm³/mol. The summed E-state index contributed by atoms with van der Waals surface area (Å²) in [5.41, 5.74) is -0.217. The van der Waals surface area contributed by atoms with Gasteiger partial charge in [0.2, 0.25) is 5.91 Å². The normalized spacial score (nSPS) is 17.3. The van der Waals surface area contributed by atoms with E-state index in [2.05, 4.69) is 10.3 Å². The Hall–Kier alpha value is -1.91. The van der Waals surface area contributed by atoms with Crippen LogP contribution in [0.15, 0.2) is 24.5 Å². The van der Waals surface area contributed by atoms with Crippen LogP contribution in [0.4, 0.5) is 5.69 Å². The van der Waals surface area contributed by atoms with Crippen LogP contribution in [0.25, 0.3) is 0 Å². The average molecular weight is 248 g/mol. The fourth-order valence-electron chi connectivity index (χ4n) is 2.47. The van der Waals surface area contributed by atoms with Crippen molar-refractivity contribution < 1.29 is 14.7 Å². The number of hydrogen-bond acceptors (Lipinski definition) is 3. The van der Waals surface area contributed by atoms with Crippen molar-refractivity contribution in [1.82, 2.24) is 4.98 Å². The van der Waals surface area contributed by atoms with Gasteiger partial charge >= 0.3 is 5.97 Å². The number of nitrogens with one attached hydrogen (secondary N) is 1. The summed E-state index contributed by atoms with van der Waals surface area (Å²) in [6.07, 6.45) is 6.16. The zero-order valence-electron chi connectivity index (χ0n) is 10.1. The van der Waals surface area contributed by atoms with Gasteiger partial charge in [-0.2, -0.15) is 0 Å². The Labute approximate surface area is 105 Å². The van der Waals surface area contributed by atoms with Crippen LogP contribution in [0.2, 0.25) is 0 Å². The zero-order valence-corrected chi connectivity index (χ0v) is 10.1. The van der Waals surface area contributed by atoms with Crippen molar-refractivity contribution in [2.24, 2.45) is 5.41 Å². The van der Waals surface area contributed by atoms with Gasteiger partial charge in [0.1, 0.15) is 0 Å². The lowest BCUT2D eigenvalue weighted by atomic mass is 9.82. The molecule has 2 N–H and O–H groups in total. The van der Waals surface area contributed by atoms with Gasteiger partial charge in [0.15, 0.2) is 0 Å². The molecule has 96 valence electrons. The third kappa shape index (κ3) is 2.67. The highest BCUT2D eigenvalue weighted by atomic mass is 16.4.